The highest BCUT2D eigenvalue weighted by Crippen LogP contribution is 2.35. The Balaban J connectivity index is 3.35. The second-order valence-corrected chi connectivity index (χ2v) is 7.22. The number of amides is 1. The van der Waals surface area contributed by atoms with E-state index in [1.165, 1.54) is 27.0 Å². The lowest BCUT2D eigenvalue weighted by Crippen LogP contribution is -2.43. The first-order valence-electron chi connectivity index (χ1n) is 6.52. The third kappa shape index (κ3) is 4.46. The standard InChI is InChI=1S/C14H15F3N2O4S/c1-13(2,8-23-3)12(20)19-24(21,22)11-5-4-9(7-18)6-10(11)14(15,16)17/h4-6H,8H2,1-3H3,(H,19,20). The first kappa shape index (κ1) is 19.9. The van der Waals surface area contributed by atoms with Crippen LogP contribution < -0.4 is 4.72 Å². The monoisotopic (exact) mass is 364 g/mol. The number of carbonyl (C=O) groups excluding carboxylic acids is 1. The number of alkyl halides is 3. The van der Waals surface area contributed by atoms with Gasteiger partial charge in [-0.25, -0.2) is 13.1 Å². The molecule has 1 aromatic rings. The molecular weight excluding hydrogens is 349 g/mol. The van der Waals surface area contributed by atoms with E-state index in [2.05, 4.69) is 0 Å². The van der Waals surface area contributed by atoms with Crippen LogP contribution in [0.5, 0.6) is 0 Å². The van der Waals surface area contributed by atoms with Crippen molar-refractivity contribution in [2.24, 2.45) is 5.41 Å². The Kier molecular flexibility index (Phi) is 5.63. The van der Waals surface area contributed by atoms with Crippen LogP contribution in [0.25, 0.3) is 0 Å². The number of sulfonamides is 1. The van der Waals surface area contributed by atoms with E-state index in [-0.39, 0.29) is 12.2 Å². The molecule has 0 bridgehead atoms. The van der Waals surface area contributed by atoms with Gasteiger partial charge < -0.3 is 4.74 Å². The van der Waals surface area contributed by atoms with Crippen LogP contribution in [0.1, 0.15) is 25.0 Å². The van der Waals surface area contributed by atoms with Crippen LogP contribution in [-0.2, 0) is 25.7 Å². The molecule has 0 unspecified atom stereocenters. The molecule has 0 aromatic heterocycles. The molecule has 10 heteroatoms. The Hall–Kier alpha value is -2.12. The van der Waals surface area contributed by atoms with E-state index in [4.69, 9.17) is 10.00 Å². The van der Waals surface area contributed by atoms with Crippen LogP contribution in [0.4, 0.5) is 13.2 Å². The molecule has 0 aliphatic rings. The zero-order chi connectivity index (χ0) is 18.8. The predicted molar refractivity (Wildman–Crippen MR) is 77.1 cm³/mol. The molecule has 0 saturated carbocycles. The molecule has 1 rings (SSSR count). The maximum absolute atomic E-state index is 13.1. The minimum atomic E-state index is -5.01. The van der Waals surface area contributed by atoms with Gasteiger partial charge in [0.05, 0.1) is 34.1 Å². The topological polar surface area (TPSA) is 96.3 Å². The summed E-state index contributed by atoms with van der Waals surface area (Å²) in [5, 5.41) is 8.68. The molecule has 0 heterocycles. The number of hydrogen-bond acceptors (Lipinski definition) is 5. The number of nitrogens with one attached hydrogen (secondary N) is 1. The number of ether oxygens (including phenoxy) is 1. The molecule has 1 N–H and O–H groups in total. The zero-order valence-corrected chi connectivity index (χ0v) is 13.9. The van der Waals surface area contributed by atoms with Gasteiger partial charge in [-0.2, -0.15) is 18.4 Å². The lowest BCUT2D eigenvalue weighted by atomic mass is 9.94. The molecule has 1 aromatic carbocycles. The number of nitriles is 1. The molecule has 132 valence electrons. The van der Waals surface area contributed by atoms with Crippen LogP contribution in [0.3, 0.4) is 0 Å². The number of hydrogen-bond donors (Lipinski definition) is 1. The molecular formula is C14H15F3N2O4S. The van der Waals surface area contributed by atoms with Gasteiger partial charge in [0.2, 0.25) is 5.91 Å². The first-order valence-corrected chi connectivity index (χ1v) is 8.01. The van der Waals surface area contributed by atoms with Crippen molar-refractivity contribution in [2.45, 2.75) is 24.9 Å². The van der Waals surface area contributed by atoms with Gasteiger partial charge in [-0.3, -0.25) is 4.79 Å². The zero-order valence-electron chi connectivity index (χ0n) is 13.1. The van der Waals surface area contributed by atoms with Gasteiger partial charge in [0.1, 0.15) is 0 Å². The summed E-state index contributed by atoms with van der Waals surface area (Å²) < 4.78 is 70.1. The number of nitrogens with zero attached hydrogens (tertiary/aromatic N) is 1. The van der Waals surface area contributed by atoms with Crippen LogP contribution in [0.2, 0.25) is 0 Å². The maximum atomic E-state index is 13.1. The van der Waals surface area contributed by atoms with Crippen molar-refractivity contribution in [1.82, 2.24) is 4.72 Å². The third-order valence-corrected chi connectivity index (χ3v) is 4.44. The predicted octanol–water partition coefficient (Wildman–Crippen LogP) is 2.05. The van der Waals surface area contributed by atoms with Crippen molar-refractivity contribution in [3.63, 3.8) is 0 Å². The quantitative estimate of drug-likeness (QED) is 0.863. The number of methoxy groups -OCH3 is 1. The molecule has 0 spiro atoms. The van der Waals surface area contributed by atoms with Gasteiger partial charge in [0.25, 0.3) is 10.0 Å². The van der Waals surface area contributed by atoms with Gasteiger partial charge in [0.15, 0.2) is 0 Å². The third-order valence-electron chi connectivity index (χ3n) is 3.05. The number of carbonyl (C=O) groups is 1. The number of rotatable bonds is 5. The van der Waals surface area contributed by atoms with Gasteiger partial charge >= 0.3 is 6.18 Å². The van der Waals surface area contributed by atoms with E-state index in [0.29, 0.717) is 12.1 Å². The molecule has 0 aliphatic carbocycles. The Labute approximate surface area is 137 Å². The van der Waals surface area contributed by atoms with E-state index < -0.39 is 38.0 Å². The van der Waals surface area contributed by atoms with Crippen molar-refractivity contribution in [1.29, 1.82) is 5.26 Å². The van der Waals surface area contributed by atoms with E-state index >= 15 is 0 Å². The molecule has 0 atom stereocenters. The van der Waals surface area contributed by atoms with Crippen molar-refractivity contribution >= 4 is 15.9 Å². The van der Waals surface area contributed by atoms with Gasteiger partial charge in [-0.1, -0.05) is 0 Å². The fourth-order valence-corrected chi connectivity index (χ4v) is 3.14. The molecule has 0 fully saturated rings. The fourth-order valence-electron chi connectivity index (χ4n) is 1.80. The van der Waals surface area contributed by atoms with Crippen molar-refractivity contribution in [3.05, 3.63) is 29.3 Å². The van der Waals surface area contributed by atoms with E-state index in [9.17, 15) is 26.4 Å². The summed E-state index contributed by atoms with van der Waals surface area (Å²) in [5.41, 5.74) is -3.15. The Morgan fingerprint density at radius 1 is 1.33 bits per heavy atom. The molecule has 24 heavy (non-hydrogen) atoms. The highest BCUT2D eigenvalue weighted by atomic mass is 32.2. The summed E-state index contributed by atoms with van der Waals surface area (Å²) in [6.07, 6.45) is -5.01. The molecule has 1 amide bonds. The summed E-state index contributed by atoms with van der Waals surface area (Å²) in [6, 6.07) is 3.48. The highest BCUT2D eigenvalue weighted by Gasteiger charge is 2.39. The van der Waals surface area contributed by atoms with Gasteiger partial charge in [-0.05, 0) is 32.0 Å². The van der Waals surface area contributed by atoms with Crippen LogP contribution >= 0.6 is 0 Å². The second kappa shape index (κ2) is 6.78. The Morgan fingerprint density at radius 2 is 1.92 bits per heavy atom. The summed E-state index contributed by atoms with van der Waals surface area (Å²) in [7, 11) is -3.49. The second-order valence-electron chi connectivity index (χ2n) is 5.57. The number of halogens is 3. The van der Waals surface area contributed by atoms with Gasteiger partial charge in [0, 0.05) is 7.11 Å². The fraction of sp³-hybridized carbons (Fsp3) is 0.429. The smallest absolute Gasteiger partial charge is 0.384 e. The van der Waals surface area contributed by atoms with Gasteiger partial charge in [-0.15, -0.1) is 0 Å². The number of benzene rings is 1. The molecule has 0 aliphatic heterocycles. The Morgan fingerprint density at radius 3 is 2.38 bits per heavy atom. The average molecular weight is 364 g/mol. The molecule has 6 nitrogen and oxygen atoms in total. The maximum Gasteiger partial charge on any atom is 0.417 e. The first-order chi connectivity index (χ1) is 10.8. The minimum Gasteiger partial charge on any atom is -0.384 e. The lowest BCUT2D eigenvalue weighted by Gasteiger charge is -2.23. The van der Waals surface area contributed by atoms with Crippen molar-refractivity contribution in [2.75, 3.05) is 13.7 Å². The minimum absolute atomic E-state index is 0.131. The van der Waals surface area contributed by atoms with Crippen LogP contribution in [-0.4, -0.2) is 28.0 Å². The Bertz CT molecular complexity index is 780. The summed E-state index contributed by atoms with van der Waals surface area (Å²) in [6.45, 7) is 2.63. The summed E-state index contributed by atoms with van der Waals surface area (Å²) in [5.74, 6) is -1.01. The summed E-state index contributed by atoms with van der Waals surface area (Å²) in [4.78, 5) is 10.9. The normalized spacial score (nSPS) is 12.5. The molecule has 0 radical (unpaired) electrons. The van der Waals surface area contributed by atoms with E-state index in [1.54, 1.807) is 4.72 Å². The summed E-state index contributed by atoms with van der Waals surface area (Å²) >= 11 is 0. The lowest BCUT2D eigenvalue weighted by molar-refractivity contribution is -0.140. The molecule has 0 saturated heterocycles. The highest BCUT2D eigenvalue weighted by molar-refractivity contribution is 7.90. The average Bonchev–Trinajstić information content (AvgIpc) is 2.45. The van der Waals surface area contributed by atoms with Crippen LogP contribution in [0.15, 0.2) is 23.1 Å². The van der Waals surface area contributed by atoms with E-state index in [0.717, 1.165) is 6.07 Å². The van der Waals surface area contributed by atoms with Crippen LogP contribution in [0, 0.1) is 16.7 Å². The van der Waals surface area contributed by atoms with Crippen molar-refractivity contribution in [3.8, 4) is 6.07 Å². The van der Waals surface area contributed by atoms with E-state index in [1.807, 2.05) is 0 Å². The van der Waals surface area contributed by atoms with Crippen molar-refractivity contribution < 1.29 is 31.1 Å². The SMILES string of the molecule is COCC(C)(C)C(=O)NS(=O)(=O)c1ccc(C#N)cc1C(F)(F)F. The largest absolute Gasteiger partial charge is 0.417 e.